The number of ether oxygens (including phenoxy) is 3. The quantitative estimate of drug-likeness (QED) is 0.0766. The van der Waals surface area contributed by atoms with Gasteiger partial charge in [-0.05, 0) is 103 Å². The molecular formula is C39H64N4O8S. The Morgan fingerprint density at radius 2 is 1.75 bits per heavy atom. The molecule has 0 radical (unpaired) electrons. The van der Waals surface area contributed by atoms with Gasteiger partial charge in [0.1, 0.15) is 12.7 Å². The summed E-state index contributed by atoms with van der Waals surface area (Å²) in [6.07, 6.45) is 8.00. The SMILES string of the molecule is CC(C)(C)NC[C@H](O)COc1nsnc1N1CCOCC1.CC(C)OC(=O)CCC/C=C\C[C@@H]1[C@@H](CC[C@@H](O)CCc2ccccc2)[C@H](O)C[C@@H]1O. The monoisotopic (exact) mass is 748 g/mol. The predicted molar refractivity (Wildman–Crippen MR) is 205 cm³/mol. The van der Waals surface area contributed by atoms with E-state index in [9.17, 15) is 25.2 Å². The first-order valence-corrected chi connectivity index (χ1v) is 19.7. The van der Waals surface area contributed by atoms with Gasteiger partial charge in [-0.2, -0.15) is 4.37 Å². The van der Waals surface area contributed by atoms with Crippen LogP contribution in [0.15, 0.2) is 42.5 Å². The molecule has 0 amide bonds. The van der Waals surface area contributed by atoms with Gasteiger partial charge in [0.25, 0.3) is 5.88 Å². The van der Waals surface area contributed by atoms with Crippen LogP contribution in [0.5, 0.6) is 5.88 Å². The smallest absolute Gasteiger partial charge is 0.306 e. The highest BCUT2D eigenvalue weighted by Crippen LogP contribution is 2.38. The van der Waals surface area contributed by atoms with Gasteiger partial charge in [0.2, 0.25) is 5.82 Å². The zero-order valence-electron chi connectivity index (χ0n) is 31.9. The molecule has 2 fully saturated rings. The van der Waals surface area contributed by atoms with Crippen LogP contribution in [-0.2, 0) is 20.7 Å². The van der Waals surface area contributed by atoms with Crippen molar-refractivity contribution in [3.8, 4) is 5.88 Å². The van der Waals surface area contributed by atoms with Crippen molar-refractivity contribution in [2.45, 2.75) is 128 Å². The first-order chi connectivity index (χ1) is 24.8. The number of aryl methyl sites for hydroxylation is 1. The van der Waals surface area contributed by atoms with Crippen LogP contribution in [0.25, 0.3) is 0 Å². The Bertz CT molecular complexity index is 1280. The Morgan fingerprint density at radius 1 is 1.04 bits per heavy atom. The van der Waals surface area contributed by atoms with E-state index in [1.807, 2.05) is 38.1 Å². The fourth-order valence-electron chi connectivity index (χ4n) is 6.36. The number of allylic oxidation sites excluding steroid dienone is 2. The van der Waals surface area contributed by atoms with Crippen molar-refractivity contribution in [2.24, 2.45) is 11.8 Å². The summed E-state index contributed by atoms with van der Waals surface area (Å²) in [5, 5.41) is 44.4. The third-order valence-electron chi connectivity index (χ3n) is 9.19. The highest BCUT2D eigenvalue weighted by molar-refractivity contribution is 6.99. The molecule has 0 unspecified atom stereocenters. The Labute approximate surface area is 314 Å². The average Bonchev–Trinajstić information content (AvgIpc) is 3.69. The number of β-amino-alcohol motifs (C(OH)–C–C–N with tert-alkyl or cyclic N) is 1. The molecule has 1 aliphatic carbocycles. The molecule has 1 aliphatic heterocycles. The van der Waals surface area contributed by atoms with Crippen molar-refractivity contribution in [3.05, 3.63) is 48.0 Å². The predicted octanol–water partition coefficient (Wildman–Crippen LogP) is 4.69. The molecule has 2 aliphatic rings. The number of benzene rings is 1. The number of carbonyl (C=O) groups excluding carboxylic acids is 1. The third kappa shape index (κ3) is 17.0. The van der Waals surface area contributed by atoms with Crippen LogP contribution in [0.1, 0.15) is 91.5 Å². The summed E-state index contributed by atoms with van der Waals surface area (Å²) >= 11 is 1.12. The van der Waals surface area contributed by atoms with E-state index in [0.717, 1.165) is 49.9 Å². The van der Waals surface area contributed by atoms with Gasteiger partial charge in [-0.25, -0.2) is 0 Å². The normalized spacial score (nSPS) is 21.9. The summed E-state index contributed by atoms with van der Waals surface area (Å²) in [6.45, 7) is 13.5. The number of nitrogens with zero attached hydrogens (tertiary/aromatic N) is 3. The summed E-state index contributed by atoms with van der Waals surface area (Å²) in [4.78, 5) is 13.6. The number of anilines is 1. The molecule has 1 saturated heterocycles. The van der Waals surface area contributed by atoms with Crippen LogP contribution in [0.3, 0.4) is 0 Å². The topological polar surface area (TPSA) is 167 Å². The van der Waals surface area contributed by atoms with Crippen molar-refractivity contribution in [1.29, 1.82) is 0 Å². The zero-order chi connectivity index (χ0) is 37.9. The van der Waals surface area contributed by atoms with Crippen molar-refractivity contribution in [3.63, 3.8) is 0 Å². The number of aromatic nitrogens is 2. The highest BCUT2D eigenvalue weighted by atomic mass is 32.1. The van der Waals surface area contributed by atoms with Gasteiger partial charge in [0.15, 0.2) is 0 Å². The van der Waals surface area contributed by atoms with E-state index in [1.165, 1.54) is 5.56 Å². The third-order valence-corrected chi connectivity index (χ3v) is 9.69. The molecule has 6 atom stereocenters. The summed E-state index contributed by atoms with van der Waals surface area (Å²) in [7, 11) is 0. The molecule has 4 rings (SSSR count). The van der Waals surface area contributed by atoms with E-state index in [-0.39, 0.29) is 36.1 Å². The van der Waals surface area contributed by atoms with Gasteiger partial charge >= 0.3 is 5.97 Å². The summed E-state index contributed by atoms with van der Waals surface area (Å²) < 4.78 is 24.5. The molecule has 5 N–H and O–H groups in total. The molecule has 0 bridgehead atoms. The van der Waals surface area contributed by atoms with Crippen molar-refractivity contribution in [1.82, 2.24) is 14.1 Å². The summed E-state index contributed by atoms with van der Waals surface area (Å²) in [5.41, 5.74) is 1.20. The first-order valence-electron chi connectivity index (χ1n) is 19.0. The Kier molecular flexibility index (Phi) is 19.5. The van der Waals surface area contributed by atoms with E-state index < -0.39 is 24.4 Å². The minimum Gasteiger partial charge on any atom is -0.472 e. The van der Waals surface area contributed by atoms with E-state index in [1.54, 1.807) is 0 Å². The Morgan fingerprint density at radius 3 is 2.44 bits per heavy atom. The van der Waals surface area contributed by atoms with Crippen LogP contribution in [0, 0.1) is 11.8 Å². The lowest BCUT2D eigenvalue weighted by Crippen LogP contribution is -2.42. The largest absolute Gasteiger partial charge is 0.472 e. The standard InChI is InChI=1S/C26H40O5.C13H24N4O3S/c1-19(2)31-26(30)13-9-4-3-8-12-22-23(25(29)18-24(22)28)17-16-21(27)15-14-20-10-6-5-7-11-20;1-13(2,3)14-8-10(18)9-20-12-11(15-21-16-12)17-4-6-19-7-5-17/h3,5-8,10-11,19,21-25,27-29H,4,9,12-18H2,1-2H3;10,14,18H,4-9H2,1-3H3/b8-3-;/t21-,22+,23+,24-,25+;10-/m00/s1. The van der Waals surface area contributed by atoms with E-state index in [2.05, 4.69) is 57.9 Å². The average molecular weight is 749 g/mol. The van der Waals surface area contributed by atoms with Crippen LogP contribution in [0.4, 0.5) is 5.82 Å². The van der Waals surface area contributed by atoms with Crippen LogP contribution in [0.2, 0.25) is 0 Å². The Hall–Kier alpha value is -2.65. The molecular weight excluding hydrogens is 685 g/mol. The molecule has 1 aromatic heterocycles. The number of morpholine rings is 1. The van der Waals surface area contributed by atoms with Gasteiger partial charge in [-0.15, -0.1) is 4.37 Å². The maximum absolute atomic E-state index is 11.5. The highest BCUT2D eigenvalue weighted by Gasteiger charge is 2.40. The molecule has 2 heterocycles. The number of rotatable bonds is 19. The number of carbonyl (C=O) groups is 1. The maximum Gasteiger partial charge on any atom is 0.306 e. The molecule has 0 spiro atoms. The minimum atomic E-state index is -0.580. The molecule has 13 heteroatoms. The number of hydrogen-bond acceptors (Lipinski definition) is 13. The lowest BCUT2D eigenvalue weighted by atomic mass is 9.85. The van der Waals surface area contributed by atoms with E-state index in [4.69, 9.17) is 14.2 Å². The van der Waals surface area contributed by atoms with Crippen LogP contribution < -0.4 is 15.0 Å². The fraction of sp³-hybridized carbons (Fsp3) is 0.718. The molecule has 12 nitrogen and oxygen atoms in total. The molecule has 1 saturated carbocycles. The van der Waals surface area contributed by atoms with Gasteiger partial charge in [0.05, 0.1) is 49.4 Å². The first kappa shape index (κ1) is 43.8. The zero-order valence-corrected chi connectivity index (χ0v) is 32.7. The molecule has 1 aromatic carbocycles. The summed E-state index contributed by atoms with van der Waals surface area (Å²) in [6, 6.07) is 10.1. The molecule has 294 valence electrons. The van der Waals surface area contributed by atoms with Crippen LogP contribution in [-0.4, -0.2) is 111 Å². The van der Waals surface area contributed by atoms with Crippen molar-refractivity contribution in [2.75, 3.05) is 44.4 Å². The van der Waals surface area contributed by atoms with Gasteiger partial charge < -0.3 is 44.9 Å². The number of aliphatic hydroxyl groups is 4. The number of hydrogen-bond donors (Lipinski definition) is 5. The number of aliphatic hydroxyl groups excluding tert-OH is 4. The summed E-state index contributed by atoms with van der Waals surface area (Å²) in [5.74, 6) is 1.10. The van der Waals surface area contributed by atoms with Gasteiger partial charge in [0, 0.05) is 31.6 Å². The second-order valence-electron chi connectivity index (χ2n) is 15.2. The number of nitrogens with one attached hydrogen (secondary N) is 1. The Balaban J connectivity index is 0.000000302. The van der Waals surface area contributed by atoms with Crippen molar-refractivity contribution >= 4 is 23.5 Å². The second kappa shape index (κ2) is 23.2. The van der Waals surface area contributed by atoms with E-state index in [0.29, 0.717) is 64.2 Å². The second-order valence-corrected chi connectivity index (χ2v) is 15.7. The van der Waals surface area contributed by atoms with Crippen molar-refractivity contribution < 1.29 is 39.4 Å². The number of esters is 1. The van der Waals surface area contributed by atoms with Gasteiger partial charge in [-0.1, -0.05) is 42.5 Å². The van der Waals surface area contributed by atoms with Crippen LogP contribution >= 0.6 is 11.7 Å². The van der Waals surface area contributed by atoms with Gasteiger partial charge in [-0.3, -0.25) is 4.79 Å². The number of unbranched alkanes of at least 4 members (excludes halogenated alkanes) is 1. The minimum absolute atomic E-state index is 0.00652. The lowest BCUT2D eigenvalue weighted by Gasteiger charge is -2.27. The lowest BCUT2D eigenvalue weighted by molar-refractivity contribution is -0.147. The van der Waals surface area contributed by atoms with E-state index >= 15 is 0 Å². The maximum atomic E-state index is 11.5. The molecule has 2 aromatic rings. The fourth-order valence-corrected chi connectivity index (χ4v) is 6.88. The molecule has 52 heavy (non-hydrogen) atoms.